The molecule has 5 unspecified atom stereocenters. The highest BCUT2D eigenvalue weighted by Crippen LogP contribution is 2.59. The molecule has 0 fully saturated rings. The van der Waals surface area contributed by atoms with Crippen LogP contribution in [-0.4, -0.2) is 122 Å². The molecular formula is C24H18F31NO6S. The van der Waals surface area contributed by atoms with Gasteiger partial charge in [0, 0.05) is 6.54 Å². The SMILES string of the molecule is O=C(NCCCCCCS)C(F)(OC(F)(F)C(F)(CF)OC(F)(F)C(F)(OC(F)(F)C(F)(CF)OC(F)(F)C(F)(OC(F)(F)C(F)(F)C(F)(F)F)C(F)(F)F)C(F)(F)F)C(F)(F)F. The number of thiol groups is 1. The quantitative estimate of drug-likeness (QED) is 0.0570. The fourth-order valence-electron chi connectivity index (χ4n) is 3.48. The summed E-state index contributed by atoms with van der Waals surface area (Å²) in [5, 5.41) is 0.824. The molecule has 0 aromatic rings. The Morgan fingerprint density at radius 1 is 0.397 bits per heavy atom. The van der Waals surface area contributed by atoms with Gasteiger partial charge in [-0.25, -0.2) is 8.78 Å². The molecule has 0 aromatic heterocycles. The smallest absolute Gasteiger partial charge is 0.351 e. The Morgan fingerprint density at radius 3 is 1.03 bits per heavy atom. The van der Waals surface area contributed by atoms with Gasteiger partial charge in [0.15, 0.2) is 13.3 Å². The minimum Gasteiger partial charge on any atom is -0.351 e. The predicted octanol–water partition coefficient (Wildman–Crippen LogP) is 10.8. The molecular weight excluding hydrogens is 1020 g/mol. The van der Waals surface area contributed by atoms with Gasteiger partial charge >= 0.3 is 90.4 Å². The number of rotatable bonds is 24. The summed E-state index contributed by atoms with van der Waals surface area (Å²) in [6.07, 6.45) is -75.0. The van der Waals surface area contributed by atoms with Crippen molar-refractivity contribution in [1.82, 2.24) is 5.32 Å². The lowest BCUT2D eigenvalue weighted by atomic mass is 10.2. The number of halogens is 31. The zero-order chi connectivity index (χ0) is 51.0. The molecule has 0 bridgehead atoms. The van der Waals surface area contributed by atoms with Gasteiger partial charge in [0.1, 0.15) is 0 Å². The van der Waals surface area contributed by atoms with E-state index in [-0.39, 0.29) is 25.0 Å². The van der Waals surface area contributed by atoms with Crippen molar-refractivity contribution in [3.05, 3.63) is 0 Å². The fourth-order valence-corrected chi connectivity index (χ4v) is 3.71. The number of alkyl halides is 31. The first-order valence-electron chi connectivity index (χ1n) is 14.9. The van der Waals surface area contributed by atoms with E-state index in [9.17, 15) is 141 Å². The summed E-state index contributed by atoms with van der Waals surface area (Å²) in [4.78, 5) is 11.8. The van der Waals surface area contributed by atoms with Crippen molar-refractivity contribution >= 4 is 18.5 Å². The highest BCUT2D eigenvalue weighted by Gasteiger charge is 2.87. The number of carbonyl (C=O) groups is 1. The molecule has 0 aromatic carbocycles. The van der Waals surface area contributed by atoms with E-state index in [4.69, 9.17) is 0 Å². The summed E-state index contributed by atoms with van der Waals surface area (Å²) >= 11 is 3.73. The van der Waals surface area contributed by atoms with Gasteiger partial charge in [0.25, 0.3) is 5.91 Å². The first-order chi connectivity index (χ1) is 27.4. The summed E-state index contributed by atoms with van der Waals surface area (Å²) in [7, 11) is 0. The maximum Gasteiger partial charge on any atom is 0.462 e. The molecule has 0 aliphatic carbocycles. The van der Waals surface area contributed by atoms with Gasteiger partial charge in [-0.15, -0.1) is 0 Å². The van der Waals surface area contributed by atoms with Crippen molar-refractivity contribution in [3.8, 4) is 0 Å². The number of hydrogen-bond donors (Lipinski definition) is 2. The Labute approximate surface area is 331 Å². The lowest BCUT2D eigenvalue weighted by Gasteiger charge is -2.43. The Balaban J connectivity index is 7.34. The van der Waals surface area contributed by atoms with E-state index < -0.39 is 123 Å². The van der Waals surface area contributed by atoms with E-state index in [1.165, 1.54) is 9.47 Å². The molecule has 1 amide bonds. The van der Waals surface area contributed by atoms with E-state index >= 15 is 0 Å². The standard InChI is InChI=1S/C24H18F31NO6S/c25-7-10(27,20(46,47)60-12(29,16(34,35)36)9(57)56-5-3-1-2-4-6-63)58-23(52,53)14(32,18(40,41)42)61-21(48,49)11(28,8-26)59-24(54,55)15(33,19(43,44)45)62-22(50,51)13(30,31)17(37,38)39/h63H,1-8H2,(H,56,57). The molecule has 378 valence electrons. The second-order valence-corrected chi connectivity index (χ2v) is 12.0. The molecule has 1 N–H and O–H groups in total. The van der Waals surface area contributed by atoms with E-state index in [2.05, 4.69) is 17.4 Å². The van der Waals surface area contributed by atoms with Gasteiger partial charge in [-0.1, -0.05) is 12.8 Å². The van der Waals surface area contributed by atoms with Crippen LogP contribution in [0.15, 0.2) is 0 Å². The van der Waals surface area contributed by atoms with E-state index in [1.54, 1.807) is 4.74 Å². The van der Waals surface area contributed by atoms with Crippen LogP contribution in [0.25, 0.3) is 0 Å². The number of amides is 1. The topological polar surface area (TPSA) is 75.3 Å². The van der Waals surface area contributed by atoms with Gasteiger partial charge in [-0.3, -0.25) is 28.5 Å². The van der Waals surface area contributed by atoms with Crippen molar-refractivity contribution in [2.24, 2.45) is 0 Å². The maximum atomic E-state index is 14.8. The zero-order valence-electron chi connectivity index (χ0n) is 28.8. The normalized spacial score (nSPS) is 19.7. The Hall–Kier alpha value is -2.55. The minimum atomic E-state index is -8.83. The van der Waals surface area contributed by atoms with Crippen molar-refractivity contribution < 1.29 is 165 Å². The van der Waals surface area contributed by atoms with Gasteiger partial charge in [-0.05, 0) is 18.6 Å². The summed E-state index contributed by atoms with van der Waals surface area (Å²) in [5.74, 6) is -51.7. The van der Waals surface area contributed by atoms with Crippen LogP contribution in [0, 0.1) is 0 Å². The molecule has 5 atom stereocenters. The largest absolute Gasteiger partial charge is 0.462 e. The van der Waals surface area contributed by atoms with E-state index in [0.29, 0.717) is 0 Å². The first kappa shape index (κ1) is 60.5. The van der Waals surface area contributed by atoms with Crippen LogP contribution in [0.5, 0.6) is 0 Å². The number of hydrogen-bond acceptors (Lipinski definition) is 7. The number of carbonyl (C=O) groups excluding carboxylic acids is 1. The van der Waals surface area contributed by atoms with Gasteiger partial charge in [0.2, 0.25) is 0 Å². The van der Waals surface area contributed by atoms with Crippen LogP contribution < -0.4 is 5.32 Å². The third-order valence-electron chi connectivity index (χ3n) is 6.83. The summed E-state index contributed by atoms with van der Waals surface area (Å²) < 4.78 is 432. The molecule has 7 nitrogen and oxygen atoms in total. The zero-order valence-corrected chi connectivity index (χ0v) is 29.7. The minimum absolute atomic E-state index is 0.0966. The highest BCUT2D eigenvalue weighted by molar-refractivity contribution is 7.80. The van der Waals surface area contributed by atoms with Crippen LogP contribution in [-0.2, 0) is 28.5 Å². The summed E-state index contributed by atoms with van der Waals surface area (Å²) in [6, 6.07) is 0. The Bertz CT molecular complexity index is 1520. The van der Waals surface area contributed by atoms with Gasteiger partial charge in [-0.2, -0.15) is 140 Å². The van der Waals surface area contributed by atoms with Gasteiger partial charge in [0.05, 0.1) is 0 Å². The van der Waals surface area contributed by atoms with Crippen LogP contribution in [0.4, 0.5) is 136 Å². The summed E-state index contributed by atoms with van der Waals surface area (Å²) in [5.41, 5.74) is 0. The first-order valence-corrected chi connectivity index (χ1v) is 15.5. The second kappa shape index (κ2) is 18.6. The molecule has 0 saturated carbocycles. The predicted molar refractivity (Wildman–Crippen MR) is 136 cm³/mol. The monoisotopic (exact) mass is 1040 g/mol. The second-order valence-electron chi connectivity index (χ2n) is 11.6. The number of ether oxygens (including phenoxy) is 5. The van der Waals surface area contributed by atoms with Crippen LogP contribution in [0.3, 0.4) is 0 Å². The molecule has 0 radical (unpaired) electrons. The lowest BCUT2D eigenvalue weighted by Crippen LogP contribution is -2.70. The summed E-state index contributed by atoms with van der Waals surface area (Å²) in [6.45, 7) is -10.7. The van der Waals surface area contributed by atoms with Crippen LogP contribution >= 0.6 is 12.6 Å². The third-order valence-corrected chi connectivity index (χ3v) is 7.14. The number of nitrogens with one attached hydrogen (secondary N) is 1. The fraction of sp³-hybridized carbons (Fsp3) is 0.958. The molecule has 0 spiro atoms. The Kier molecular flexibility index (Phi) is 17.9. The van der Waals surface area contributed by atoms with Crippen molar-refractivity contribution in [1.29, 1.82) is 0 Å². The molecule has 0 rings (SSSR count). The van der Waals surface area contributed by atoms with Crippen molar-refractivity contribution in [3.63, 3.8) is 0 Å². The molecule has 0 saturated heterocycles. The van der Waals surface area contributed by atoms with Crippen molar-refractivity contribution in [2.75, 3.05) is 25.6 Å². The van der Waals surface area contributed by atoms with Crippen LogP contribution in [0.2, 0.25) is 0 Å². The number of unbranched alkanes of at least 4 members (excludes halogenated alkanes) is 3. The molecule has 0 aliphatic rings. The molecule has 0 heterocycles. The average Bonchev–Trinajstić information content (AvgIpc) is 3.06. The molecule has 63 heavy (non-hydrogen) atoms. The highest BCUT2D eigenvalue weighted by atomic mass is 32.1. The molecule has 39 heteroatoms. The maximum absolute atomic E-state index is 14.8. The van der Waals surface area contributed by atoms with Gasteiger partial charge < -0.3 is 5.32 Å². The van der Waals surface area contributed by atoms with E-state index in [1.807, 2.05) is 0 Å². The lowest BCUT2D eigenvalue weighted by molar-refractivity contribution is -0.578. The van der Waals surface area contributed by atoms with Crippen molar-refractivity contribution in [2.45, 2.75) is 116 Å². The molecule has 0 aliphatic heterocycles. The average molecular weight is 1040 g/mol. The van der Waals surface area contributed by atoms with E-state index in [0.717, 1.165) is 10.1 Å². The Morgan fingerprint density at radius 2 is 0.730 bits per heavy atom. The van der Waals surface area contributed by atoms with Crippen LogP contribution in [0.1, 0.15) is 25.7 Å². The third kappa shape index (κ3) is 11.9.